The van der Waals surface area contributed by atoms with Gasteiger partial charge in [0.05, 0.1) is 6.61 Å². The molecule has 0 aliphatic heterocycles. The number of nitrogens with one attached hydrogen (secondary N) is 1. The Morgan fingerprint density at radius 1 is 1.35 bits per heavy atom. The van der Waals surface area contributed by atoms with Gasteiger partial charge in [-0.1, -0.05) is 19.1 Å². The highest BCUT2D eigenvalue weighted by Gasteiger charge is 1.99. The zero-order valence-corrected chi connectivity index (χ0v) is 11.0. The molecule has 0 heterocycles. The summed E-state index contributed by atoms with van der Waals surface area (Å²) in [4.78, 5) is 0. The number of hydrogen-bond donors (Lipinski definition) is 1. The van der Waals surface area contributed by atoms with Crippen molar-refractivity contribution in [1.29, 1.82) is 0 Å². The molecule has 1 aromatic carbocycles. The molecule has 1 N–H and O–H groups in total. The van der Waals surface area contributed by atoms with Gasteiger partial charge < -0.3 is 14.8 Å². The van der Waals surface area contributed by atoms with Crippen LogP contribution in [0.25, 0.3) is 0 Å². The van der Waals surface area contributed by atoms with Gasteiger partial charge in [-0.15, -0.1) is 0 Å². The molecule has 0 radical (unpaired) electrons. The SMILES string of the molecule is CCc1cccc(OCCNC(C)COC)c1. The fourth-order valence-electron chi connectivity index (χ4n) is 1.64. The predicted octanol–water partition coefficient (Wildman–Crippen LogP) is 2.25. The lowest BCUT2D eigenvalue weighted by molar-refractivity contribution is 0.169. The molecule has 0 bridgehead atoms. The van der Waals surface area contributed by atoms with E-state index in [-0.39, 0.29) is 0 Å². The second-order valence-electron chi connectivity index (χ2n) is 4.16. The van der Waals surface area contributed by atoms with Crippen LogP contribution in [0.3, 0.4) is 0 Å². The first-order valence-corrected chi connectivity index (χ1v) is 6.20. The first kappa shape index (κ1) is 14.0. The molecule has 0 aromatic heterocycles. The second-order valence-corrected chi connectivity index (χ2v) is 4.16. The Labute approximate surface area is 104 Å². The largest absolute Gasteiger partial charge is 0.492 e. The van der Waals surface area contributed by atoms with E-state index in [2.05, 4.69) is 31.3 Å². The third-order valence-corrected chi connectivity index (χ3v) is 2.59. The van der Waals surface area contributed by atoms with Crippen LogP contribution in [0.15, 0.2) is 24.3 Å². The monoisotopic (exact) mass is 237 g/mol. The summed E-state index contributed by atoms with van der Waals surface area (Å²) in [6, 6.07) is 8.61. The van der Waals surface area contributed by atoms with E-state index in [1.54, 1.807) is 7.11 Å². The second kappa shape index (κ2) is 8.09. The average molecular weight is 237 g/mol. The molecule has 0 aliphatic carbocycles. The predicted molar refractivity (Wildman–Crippen MR) is 70.7 cm³/mol. The van der Waals surface area contributed by atoms with Gasteiger partial charge in [0.15, 0.2) is 0 Å². The van der Waals surface area contributed by atoms with E-state index < -0.39 is 0 Å². The van der Waals surface area contributed by atoms with Crippen molar-refractivity contribution in [3.05, 3.63) is 29.8 Å². The minimum Gasteiger partial charge on any atom is -0.492 e. The molecule has 1 rings (SSSR count). The highest BCUT2D eigenvalue weighted by molar-refractivity contribution is 5.28. The molecule has 0 saturated heterocycles. The number of rotatable bonds is 8. The van der Waals surface area contributed by atoms with E-state index in [9.17, 15) is 0 Å². The maximum absolute atomic E-state index is 5.67. The lowest BCUT2D eigenvalue weighted by atomic mass is 10.2. The van der Waals surface area contributed by atoms with E-state index in [1.165, 1.54) is 5.56 Å². The summed E-state index contributed by atoms with van der Waals surface area (Å²) in [5.41, 5.74) is 1.31. The highest BCUT2D eigenvalue weighted by atomic mass is 16.5. The number of methoxy groups -OCH3 is 1. The third kappa shape index (κ3) is 5.71. The van der Waals surface area contributed by atoms with E-state index in [0.29, 0.717) is 12.6 Å². The molecule has 1 aromatic rings. The van der Waals surface area contributed by atoms with E-state index in [0.717, 1.165) is 25.3 Å². The van der Waals surface area contributed by atoms with Crippen LogP contribution in [-0.4, -0.2) is 32.9 Å². The zero-order valence-electron chi connectivity index (χ0n) is 11.0. The molecule has 3 nitrogen and oxygen atoms in total. The van der Waals surface area contributed by atoms with Crippen molar-refractivity contribution in [2.24, 2.45) is 0 Å². The van der Waals surface area contributed by atoms with Crippen molar-refractivity contribution in [3.8, 4) is 5.75 Å². The minimum atomic E-state index is 0.366. The van der Waals surface area contributed by atoms with Crippen LogP contribution in [0.4, 0.5) is 0 Å². The maximum Gasteiger partial charge on any atom is 0.119 e. The van der Waals surface area contributed by atoms with Crippen molar-refractivity contribution in [1.82, 2.24) is 5.32 Å². The van der Waals surface area contributed by atoms with Crippen LogP contribution in [-0.2, 0) is 11.2 Å². The molecule has 0 spiro atoms. The van der Waals surface area contributed by atoms with Gasteiger partial charge in [-0.25, -0.2) is 0 Å². The van der Waals surface area contributed by atoms with Gasteiger partial charge in [0.25, 0.3) is 0 Å². The summed E-state index contributed by atoms with van der Waals surface area (Å²) in [5.74, 6) is 0.950. The zero-order chi connectivity index (χ0) is 12.5. The Kier molecular flexibility index (Phi) is 6.67. The summed E-state index contributed by atoms with van der Waals surface area (Å²) in [6.07, 6.45) is 1.04. The molecule has 0 fully saturated rings. The van der Waals surface area contributed by atoms with Gasteiger partial charge in [-0.2, -0.15) is 0 Å². The third-order valence-electron chi connectivity index (χ3n) is 2.59. The van der Waals surface area contributed by atoms with Crippen molar-refractivity contribution < 1.29 is 9.47 Å². The number of benzene rings is 1. The molecular weight excluding hydrogens is 214 g/mol. The smallest absolute Gasteiger partial charge is 0.119 e. The van der Waals surface area contributed by atoms with E-state index in [4.69, 9.17) is 9.47 Å². The first-order valence-electron chi connectivity index (χ1n) is 6.20. The van der Waals surface area contributed by atoms with Crippen LogP contribution in [0.5, 0.6) is 5.75 Å². The molecule has 1 atom stereocenters. The average Bonchev–Trinajstić information content (AvgIpc) is 2.35. The molecular formula is C14H23NO2. The van der Waals surface area contributed by atoms with Crippen LogP contribution < -0.4 is 10.1 Å². The maximum atomic E-state index is 5.67. The molecule has 17 heavy (non-hydrogen) atoms. The molecule has 0 aliphatic rings. The number of aryl methyl sites for hydroxylation is 1. The Balaban J connectivity index is 2.21. The molecule has 0 saturated carbocycles. The van der Waals surface area contributed by atoms with Gasteiger partial charge in [-0.3, -0.25) is 0 Å². The van der Waals surface area contributed by atoms with Crippen molar-refractivity contribution in [3.63, 3.8) is 0 Å². The summed E-state index contributed by atoms with van der Waals surface area (Å²) >= 11 is 0. The molecule has 1 unspecified atom stereocenters. The molecule has 3 heteroatoms. The highest BCUT2D eigenvalue weighted by Crippen LogP contribution is 2.13. The summed E-state index contributed by atoms with van der Waals surface area (Å²) in [5, 5.41) is 3.33. The van der Waals surface area contributed by atoms with Crippen molar-refractivity contribution >= 4 is 0 Å². The van der Waals surface area contributed by atoms with Crippen LogP contribution in [0.2, 0.25) is 0 Å². The Morgan fingerprint density at radius 3 is 2.88 bits per heavy atom. The molecule has 96 valence electrons. The lowest BCUT2D eigenvalue weighted by Crippen LogP contribution is -2.33. The van der Waals surface area contributed by atoms with Gasteiger partial charge in [0.1, 0.15) is 12.4 Å². The first-order chi connectivity index (χ1) is 8.26. The Hall–Kier alpha value is -1.06. The summed E-state index contributed by atoms with van der Waals surface area (Å²) in [7, 11) is 1.71. The van der Waals surface area contributed by atoms with Gasteiger partial charge >= 0.3 is 0 Å². The number of hydrogen-bond acceptors (Lipinski definition) is 3. The summed E-state index contributed by atoms with van der Waals surface area (Å²) < 4.78 is 10.7. The van der Waals surface area contributed by atoms with Crippen LogP contribution in [0.1, 0.15) is 19.4 Å². The van der Waals surface area contributed by atoms with E-state index >= 15 is 0 Å². The molecule has 0 amide bonds. The van der Waals surface area contributed by atoms with Gasteiger partial charge in [0.2, 0.25) is 0 Å². The van der Waals surface area contributed by atoms with Crippen LogP contribution >= 0.6 is 0 Å². The quantitative estimate of drug-likeness (QED) is 0.703. The number of ether oxygens (including phenoxy) is 2. The normalized spacial score (nSPS) is 12.4. The van der Waals surface area contributed by atoms with Crippen molar-refractivity contribution in [2.75, 3.05) is 26.9 Å². The minimum absolute atomic E-state index is 0.366. The lowest BCUT2D eigenvalue weighted by Gasteiger charge is -2.13. The van der Waals surface area contributed by atoms with Gasteiger partial charge in [-0.05, 0) is 31.0 Å². The Bertz CT molecular complexity index is 315. The Morgan fingerprint density at radius 2 is 2.18 bits per heavy atom. The topological polar surface area (TPSA) is 30.5 Å². The fraction of sp³-hybridized carbons (Fsp3) is 0.571. The van der Waals surface area contributed by atoms with E-state index in [1.807, 2.05) is 12.1 Å². The van der Waals surface area contributed by atoms with Crippen LogP contribution in [0, 0.1) is 0 Å². The van der Waals surface area contributed by atoms with Crippen molar-refractivity contribution in [2.45, 2.75) is 26.3 Å². The summed E-state index contributed by atoms with van der Waals surface area (Å²) in [6.45, 7) is 6.49. The fourth-order valence-corrected chi connectivity index (χ4v) is 1.64. The van der Waals surface area contributed by atoms with Gasteiger partial charge in [0, 0.05) is 19.7 Å². The standard InChI is InChI=1S/C14H23NO2/c1-4-13-6-5-7-14(10-13)17-9-8-15-12(2)11-16-3/h5-7,10,12,15H,4,8-9,11H2,1-3H3.